The monoisotopic (exact) mass is 199 g/mol. The summed E-state index contributed by atoms with van der Waals surface area (Å²) in [5.74, 6) is 1.74. The predicted octanol–water partition coefficient (Wildman–Crippen LogP) is 2.57. The standard InChI is InChI=1S/C12H25NO/c1-3-10-6-7-11(9-10)12(13)5-4-8-14-2/h10-12H,3-9,13H2,1-2H3. The van der Waals surface area contributed by atoms with Gasteiger partial charge < -0.3 is 10.5 Å². The normalized spacial score (nSPS) is 29.4. The maximum atomic E-state index is 6.18. The number of methoxy groups -OCH3 is 1. The molecule has 1 saturated carbocycles. The van der Waals surface area contributed by atoms with E-state index in [4.69, 9.17) is 10.5 Å². The molecule has 14 heavy (non-hydrogen) atoms. The minimum atomic E-state index is 0.418. The van der Waals surface area contributed by atoms with Crippen molar-refractivity contribution in [3.63, 3.8) is 0 Å². The van der Waals surface area contributed by atoms with Crippen LogP contribution < -0.4 is 5.73 Å². The Labute approximate surface area is 88.2 Å². The minimum Gasteiger partial charge on any atom is -0.385 e. The van der Waals surface area contributed by atoms with Gasteiger partial charge in [0, 0.05) is 19.8 Å². The first kappa shape index (κ1) is 12.0. The van der Waals surface area contributed by atoms with E-state index in [0.717, 1.165) is 31.3 Å². The first-order chi connectivity index (χ1) is 6.77. The van der Waals surface area contributed by atoms with Crippen LogP contribution in [0.4, 0.5) is 0 Å². The van der Waals surface area contributed by atoms with Crippen LogP contribution in [0.15, 0.2) is 0 Å². The molecular formula is C12H25NO. The highest BCUT2D eigenvalue weighted by Gasteiger charge is 2.27. The largest absolute Gasteiger partial charge is 0.385 e. The van der Waals surface area contributed by atoms with Gasteiger partial charge in [-0.05, 0) is 37.5 Å². The van der Waals surface area contributed by atoms with E-state index < -0.39 is 0 Å². The van der Waals surface area contributed by atoms with Gasteiger partial charge in [0.05, 0.1) is 0 Å². The van der Waals surface area contributed by atoms with Gasteiger partial charge in [0.15, 0.2) is 0 Å². The van der Waals surface area contributed by atoms with Gasteiger partial charge in [-0.2, -0.15) is 0 Å². The van der Waals surface area contributed by atoms with Gasteiger partial charge in [0.25, 0.3) is 0 Å². The molecule has 0 saturated heterocycles. The van der Waals surface area contributed by atoms with Crippen LogP contribution >= 0.6 is 0 Å². The van der Waals surface area contributed by atoms with Gasteiger partial charge in [-0.25, -0.2) is 0 Å². The molecule has 84 valence electrons. The quantitative estimate of drug-likeness (QED) is 0.667. The second-order valence-corrected chi connectivity index (χ2v) is 4.65. The van der Waals surface area contributed by atoms with Crippen LogP contribution in [-0.2, 0) is 4.74 Å². The molecule has 1 fully saturated rings. The molecule has 0 bridgehead atoms. The highest BCUT2D eigenvalue weighted by atomic mass is 16.5. The van der Waals surface area contributed by atoms with Crippen molar-refractivity contribution in [2.75, 3.05) is 13.7 Å². The zero-order valence-electron chi connectivity index (χ0n) is 9.67. The summed E-state index contributed by atoms with van der Waals surface area (Å²) in [5, 5.41) is 0. The molecule has 0 aromatic rings. The Hall–Kier alpha value is -0.0800. The van der Waals surface area contributed by atoms with E-state index in [2.05, 4.69) is 6.92 Å². The summed E-state index contributed by atoms with van der Waals surface area (Å²) in [5.41, 5.74) is 6.18. The summed E-state index contributed by atoms with van der Waals surface area (Å²) in [4.78, 5) is 0. The lowest BCUT2D eigenvalue weighted by atomic mass is 9.93. The van der Waals surface area contributed by atoms with Gasteiger partial charge >= 0.3 is 0 Å². The molecule has 1 aliphatic rings. The van der Waals surface area contributed by atoms with Crippen molar-refractivity contribution in [3.05, 3.63) is 0 Å². The number of ether oxygens (including phenoxy) is 1. The van der Waals surface area contributed by atoms with Crippen molar-refractivity contribution in [2.45, 2.75) is 51.5 Å². The lowest BCUT2D eigenvalue weighted by Gasteiger charge is -2.19. The van der Waals surface area contributed by atoms with Crippen LogP contribution in [0.2, 0.25) is 0 Å². The lowest BCUT2D eigenvalue weighted by Crippen LogP contribution is -2.28. The van der Waals surface area contributed by atoms with E-state index in [1.165, 1.54) is 25.7 Å². The van der Waals surface area contributed by atoms with Crippen LogP contribution in [-0.4, -0.2) is 19.8 Å². The third-order valence-electron chi connectivity index (χ3n) is 3.65. The molecule has 2 heteroatoms. The zero-order chi connectivity index (χ0) is 10.4. The number of hydrogen-bond donors (Lipinski definition) is 1. The van der Waals surface area contributed by atoms with Gasteiger partial charge in [0.1, 0.15) is 0 Å². The number of hydrogen-bond acceptors (Lipinski definition) is 2. The van der Waals surface area contributed by atoms with Crippen LogP contribution in [0.25, 0.3) is 0 Å². The Morgan fingerprint density at radius 2 is 2.21 bits per heavy atom. The van der Waals surface area contributed by atoms with Crippen molar-refractivity contribution in [2.24, 2.45) is 17.6 Å². The van der Waals surface area contributed by atoms with Crippen molar-refractivity contribution in [3.8, 4) is 0 Å². The molecule has 0 aromatic carbocycles. The smallest absolute Gasteiger partial charge is 0.0462 e. The van der Waals surface area contributed by atoms with Crippen molar-refractivity contribution in [1.82, 2.24) is 0 Å². The van der Waals surface area contributed by atoms with E-state index in [1.807, 2.05) is 0 Å². The average Bonchev–Trinajstić information content (AvgIpc) is 2.66. The van der Waals surface area contributed by atoms with Crippen LogP contribution in [0.5, 0.6) is 0 Å². The number of nitrogens with two attached hydrogens (primary N) is 1. The predicted molar refractivity (Wildman–Crippen MR) is 60.2 cm³/mol. The van der Waals surface area contributed by atoms with Gasteiger partial charge in [0.2, 0.25) is 0 Å². The second-order valence-electron chi connectivity index (χ2n) is 4.65. The van der Waals surface area contributed by atoms with Crippen LogP contribution in [0.1, 0.15) is 45.4 Å². The zero-order valence-corrected chi connectivity index (χ0v) is 9.67. The summed E-state index contributed by atoms with van der Waals surface area (Å²) in [6.07, 6.45) is 7.71. The van der Waals surface area contributed by atoms with Crippen LogP contribution in [0, 0.1) is 11.8 Å². The highest BCUT2D eigenvalue weighted by molar-refractivity contribution is 4.82. The summed E-state index contributed by atoms with van der Waals surface area (Å²) in [6.45, 7) is 3.15. The van der Waals surface area contributed by atoms with E-state index >= 15 is 0 Å². The van der Waals surface area contributed by atoms with E-state index in [9.17, 15) is 0 Å². The maximum Gasteiger partial charge on any atom is 0.0462 e. The molecule has 0 amide bonds. The Bertz CT molecular complexity index is 149. The van der Waals surface area contributed by atoms with Crippen molar-refractivity contribution in [1.29, 1.82) is 0 Å². The summed E-state index contributed by atoms with van der Waals surface area (Å²) < 4.78 is 5.04. The number of rotatable bonds is 6. The molecule has 3 unspecified atom stereocenters. The van der Waals surface area contributed by atoms with Crippen molar-refractivity contribution >= 4 is 0 Å². The van der Waals surface area contributed by atoms with Gasteiger partial charge in [-0.3, -0.25) is 0 Å². The molecule has 0 radical (unpaired) electrons. The minimum absolute atomic E-state index is 0.418. The lowest BCUT2D eigenvalue weighted by molar-refractivity contribution is 0.187. The Balaban J connectivity index is 2.15. The third-order valence-corrected chi connectivity index (χ3v) is 3.65. The summed E-state index contributed by atoms with van der Waals surface area (Å²) >= 11 is 0. The molecule has 2 nitrogen and oxygen atoms in total. The molecule has 2 N–H and O–H groups in total. The molecular weight excluding hydrogens is 174 g/mol. The Kier molecular flexibility index (Phi) is 5.49. The fourth-order valence-corrected chi connectivity index (χ4v) is 2.57. The molecule has 3 atom stereocenters. The molecule has 1 rings (SSSR count). The van der Waals surface area contributed by atoms with Crippen molar-refractivity contribution < 1.29 is 4.74 Å². The average molecular weight is 199 g/mol. The Morgan fingerprint density at radius 3 is 2.79 bits per heavy atom. The second kappa shape index (κ2) is 6.41. The van der Waals surface area contributed by atoms with E-state index in [1.54, 1.807) is 7.11 Å². The maximum absolute atomic E-state index is 6.18. The fourth-order valence-electron chi connectivity index (χ4n) is 2.57. The van der Waals surface area contributed by atoms with Crippen LogP contribution in [0.3, 0.4) is 0 Å². The molecule has 1 aliphatic carbocycles. The molecule has 0 aliphatic heterocycles. The summed E-state index contributed by atoms with van der Waals surface area (Å²) in [6, 6.07) is 0.418. The highest BCUT2D eigenvalue weighted by Crippen LogP contribution is 2.35. The topological polar surface area (TPSA) is 35.2 Å². The summed E-state index contributed by atoms with van der Waals surface area (Å²) in [7, 11) is 1.76. The fraction of sp³-hybridized carbons (Fsp3) is 1.00. The first-order valence-corrected chi connectivity index (χ1v) is 6.02. The molecule has 0 spiro atoms. The van der Waals surface area contributed by atoms with E-state index in [0.29, 0.717) is 6.04 Å². The molecule has 0 aromatic heterocycles. The van der Waals surface area contributed by atoms with E-state index in [-0.39, 0.29) is 0 Å². The van der Waals surface area contributed by atoms with Gasteiger partial charge in [-0.15, -0.1) is 0 Å². The van der Waals surface area contributed by atoms with Gasteiger partial charge in [-0.1, -0.05) is 19.8 Å². The molecule has 0 heterocycles. The third kappa shape index (κ3) is 3.58. The first-order valence-electron chi connectivity index (χ1n) is 6.02. The Morgan fingerprint density at radius 1 is 1.43 bits per heavy atom. The SMILES string of the molecule is CCC1CCC(C(N)CCCOC)C1.